The minimum absolute atomic E-state index is 0.00819. The van der Waals surface area contributed by atoms with E-state index in [0.717, 1.165) is 12.7 Å². The summed E-state index contributed by atoms with van der Waals surface area (Å²) >= 11 is 0. The predicted octanol–water partition coefficient (Wildman–Crippen LogP) is -4.36. The van der Waals surface area contributed by atoms with Crippen LogP contribution in [-0.4, -0.2) is 184 Å². The Bertz CT molecular complexity index is 3580. The van der Waals surface area contributed by atoms with Crippen LogP contribution in [0, 0.1) is 11.8 Å². The number of fused-ring (bicyclic) bond motifs is 3. The van der Waals surface area contributed by atoms with Crippen molar-refractivity contribution in [1.82, 2.24) is 63.8 Å². The number of aromatic amines is 2. The normalized spacial score (nSPS) is 28.5. The first-order valence-corrected chi connectivity index (χ1v) is 27.8. The van der Waals surface area contributed by atoms with Crippen LogP contribution in [0.1, 0.15) is 31.5 Å². The highest BCUT2D eigenvalue weighted by molar-refractivity contribution is 7.66. The molecule has 0 spiro atoms. The zero-order valence-corrected chi connectivity index (χ0v) is 44.3. The average Bonchev–Trinajstić information content (AvgIpc) is 4.34. The molecule has 0 aliphatic carbocycles. The zero-order valence-electron chi connectivity index (χ0n) is 41.6. The summed E-state index contributed by atoms with van der Waals surface area (Å²) in [5.41, 5.74) is 16.1. The third-order valence-electron chi connectivity index (χ3n) is 13.1. The number of aliphatic hydroxyl groups is 3. The first-order chi connectivity index (χ1) is 37.2. The largest absolute Gasteiger partial charge is 0.490 e. The van der Waals surface area contributed by atoms with E-state index in [1.165, 1.54) is 64.1 Å². The maximum atomic E-state index is 13.7. The molecule has 0 bridgehead atoms. The summed E-state index contributed by atoms with van der Waals surface area (Å²) in [7, 11) is -12.3. The lowest BCUT2D eigenvalue weighted by Crippen LogP contribution is -2.45. The number of amides is 2. The number of hydrogen-bond donors (Lipinski definition) is 12. The van der Waals surface area contributed by atoms with Crippen LogP contribution in [-0.2, 0) is 66.9 Å². The van der Waals surface area contributed by atoms with E-state index in [4.69, 9.17) is 45.2 Å². The molecule has 0 radical (unpaired) electrons. The molecule has 2 amide bonds. The molecular formula is C38H53N17O21P3+. The summed E-state index contributed by atoms with van der Waals surface area (Å²) in [4.78, 5) is 114. The number of nitrogens with zero attached hydrogens (tertiary/aromatic N) is 11. The predicted molar refractivity (Wildman–Crippen MR) is 260 cm³/mol. The van der Waals surface area contributed by atoms with Gasteiger partial charge in [-0.3, -0.25) is 51.9 Å². The number of phosphoric ester groups is 2. The number of carbonyl (C=O) groups is 2. The van der Waals surface area contributed by atoms with Crippen LogP contribution in [0.25, 0.3) is 33.5 Å². The van der Waals surface area contributed by atoms with Crippen LogP contribution >= 0.6 is 23.5 Å². The number of hydrogen-bond acceptors (Lipinski definition) is 27. The molecule has 430 valence electrons. The number of aliphatic hydroxyl groups excluding tert-OH is 3. The molecule has 6 aromatic heterocycles. The summed E-state index contributed by atoms with van der Waals surface area (Å²) in [6, 6.07) is 0. The molecule has 9 heterocycles. The van der Waals surface area contributed by atoms with Gasteiger partial charge in [0.2, 0.25) is 29.5 Å². The van der Waals surface area contributed by atoms with E-state index in [-0.39, 0.29) is 51.2 Å². The van der Waals surface area contributed by atoms with Crippen molar-refractivity contribution in [3.05, 3.63) is 46.0 Å². The second-order valence-corrected chi connectivity index (χ2v) is 23.1. The molecule has 3 aliphatic heterocycles. The van der Waals surface area contributed by atoms with Crippen molar-refractivity contribution < 1.29 is 94.5 Å². The Morgan fingerprint density at radius 1 is 0.772 bits per heavy atom. The van der Waals surface area contributed by atoms with Gasteiger partial charge in [0.1, 0.15) is 42.4 Å². The van der Waals surface area contributed by atoms with Crippen molar-refractivity contribution in [1.29, 1.82) is 0 Å². The second-order valence-electron chi connectivity index (χ2n) is 18.5. The second kappa shape index (κ2) is 22.0. The Morgan fingerprint density at radius 3 is 2.04 bits per heavy atom. The van der Waals surface area contributed by atoms with Crippen LogP contribution in [0.3, 0.4) is 0 Å². The third-order valence-corrected chi connectivity index (χ3v) is 17.4. The molecule has 15 N–H and O–H groups in total. The maximum absolute atomic E-state index is 13.7. The molecule has 3 fully saturated rings. The van der Waals surface area contributed by atoms with Crippen LogP contribution in [0.4, 0.5) is 17.7 Å². The van der Waals surface area contributed by atoms with E-state index in [1.807, 2.05) is 0 Å². The van der Waals surface area contributed by atoms with Crippen molar-refractivity contribution in [3.63, 3.8) is 0 Å². The number of nitrogens with two attached hydrogens (primary N) is 3. The lowest BCUT2D eigenvalue weighted by molar-refractivity contribution is -0.745. The smallest absolute Gasteiger partial charge is 0.387 e. The third kappa shape index (κ3) is 11.7. The number of aryl methyl sites for hydroxylation is 1. The highest BCUT2D eigenvalue weighted by Crippen LogP contribution is 2.68. The fraction of sp³-hybridized carbons (Fsp3) is 0.553. The van der Waals surface area contributed by atoms with Crippen molar-refractivity contribution in [2.75, 3.05) is 58.2 Å². The Labute approximate surface area is 441 Å². The molecule has 15 atom stereocenters. The van der Waals surface area contributed by atoms with Gasteiger partial charge in [0.15, 0.2) is 41.4 Å². The summed E-state index contributed by atoms with van der Waals surface area (Å²) in [5.74, 6) is -4.23. The molecule has 0 saturated carbocycles. The Morgan fingerprint density at radius 2 is 1.38 bits per heavy atom. The van der Waals surface area contributed by atoms with Gasteiger partial charge in [-0.25, -0.2) is 38.2 Å². The molecular weight excluding hydrogens is 1120 g/mol. The van der Waals surface area contributed by atoms with Gasteiger partial charge in [-0.05, 0) is 0 Å². The summed E-state index contributed by atoms with van der Waals surface area (Å²) in [5, 5.41) is 35.9. The van der Waals surface area contributed by atoms with Crippen molar-refractivity contribution in [2.45, 2.75) is 74.3 Å². The number of phosphoric acid groups is 3. The standard InChI is InChI=1S/C38H52N17O21P3/c1-51(2)20(57)6-14-17(73-34(24(14)58)55-13-52(3)23-31(55)48-38(41)50-33(23)62)8-70-77(63,64)75-79(67,68)76-78(65,66)71-9-18-15(27(69-4)36(74-18)53-11-45-21-28(39)43-10-44-29(21)53)5-19(56)42-7-16-25(59)26(60)35(72-16)54-12-46-22-30(54)47-37(40)49-32(22)61/h10-18,24-27,34-36,58-60H,5-9H2,1-4H3,(H11-,39,40,41,42,43,44,47,48,49,50,56,61,62,63,64,65,66,67,68)/p+1/t14-,15-,16-,17-,18-,24-,25-,26-,27-,34-,35-,36-/m1/s1. The van der Waals surface area contributed by atoms with E-state index < -0.39 is 152 Å². The minimum atomic E-state index is -6.16. The number of nitrogen functional groups attached to an aromatic ring is 3. The first kappa shape index (κ1) is 57.4. The van der Waals surface area contributed by atoms with Crippen molar-refractivity contribution >= 4 is 86.5 Å². The minimum Gasteiger partial charge on any atom is -0.387 e. The number of rotatable bonds is 20. The number of methoxy groups -OCH3 is 1. The van der Waals surface area contributed by atoms with Gasteiger partial charge in [0, 0.05) is 52.4 Å². The molecule has 3 unspecified atom stereocenters. The first-order valence-electron chi connectivity index (χ1n) is 23.3. The lowest BCUT2D eigenvalue weighted by atomic mass is 9.93. The Hall–Kier alpha value is -6.28. The molecule has 41 heteroatoms. The highest BCUT2D eigenvalue weighted by Gasteiger charge is 2.52. The van der Waals surface area contributed by atoms with E-state index >= 15 is 0 Å². The van der Waals surface area contributed by atoms with Crippen LogP contribution in [0.15, 0.2) is 34.9 Å². The zero-order chi connectivity index (χ0) is 57.2. The molecule has 38 nitrogen and oxygen atoms in total. The lowest BCUT2D eigenvalue weighted by Gasteiger charge is -2.24. The van der Waals surface area contributed by atoms with Crippen molar-refractivity contribution in [2.24, 2.45) is 18.9 Å². The van der Waals surface area contributed by atoms with Gasteiger partial charge < -0.3 is 76.4 Å². The Kier molecular flexibility index (Phi) is 16.0. The average molecular weight is 1180 g/mol. The summed E-state index contributed by atoms with van der Waals surface area (Å²) in [6.07, 6.45) is -10.3. The van der Waals surface area contributed by atoms with Gasteiger partial charge in [-0.1, -0.05) is 4.98 Å². The van der Waals surface area contributed by atoms with Crippen molar-refractivity contribution in [3.8, 4) is 0 Å². The van der Waals surface area contributed by atoms with Gasteiger partial charge in [-0.15, -0.1) is 0 Å². The molecule has 9 rings (SSSR count). The van der Waals surface area contributed by atoms with Gasteiger partial charge >= 0.3 is 29.1 Å². The van der Waals surface area contributed by atoms with Gasteiger partial charge in [0.05, 0.1) is 45.1 Å². The number of imidazole rings is 3. The maximum Gasteiger partial charge on any atom is 0.490 e. The van der Waals surface area contributed by atoms with E-state index in [2.05, 4.69) is 53.8 Å². The van der Waals surface area contributed by atoms with Crippen LogP contribution in [0.5, 0.6) is 0 Å². The number of aromatic nitrogens is 12. The SMILES string of the molecule is CO[C@@H]1[C@H](CC(=O)NC[C@H]2O[C@@H](n3cnc4c(=O)[nH]c(N)nc43)[C@H](O)[C@@H]2O)[C@@H](COP(=O)(O)OP(=O)(O)OP(=O)(O)OC[C@H]2O[C@@H]([n+]3cn(C)c4c(=O)[nH]c(N)nc43)[C@H](O)[C@@H]2CC(=O)N(C)C)O[C@H]1n1cnc2c(N)ncnc21. The van der Waals surface area contributed by atoms with Gasteiger partial charge in [-0.2, -0.15) is 13.6 Å². The molecule has 6 aromatic rings. The Balaban J connectivity index is 0.867. The van der Waals surface area contributed by atoms with E-state index in [1.54, 1.807) is 0 Å². The summed E-state index contributed by atoms with van der Waals surface area (Å²) < 4.78 is 87.4. The monoisotopic (exact) mass is 1180 g/mol. The van der Waals surface area contributed by atoms with Gasteiger partial charge in [0.25, 0.3) is 17.1 Å². The molecule has 79 heavy (non-hydrogen) atoms. The number of H-pyrrole nitrogens is 2. The summed E-state index contributed by atoms with van der Waals surface area (Å²) in [6.45, 7) is -2.48. The van der Waals surface area contributed by atoms with E-state index in [0.29, 0.717) is 0 Å². The van der Waals surface area contributed by atoms with Crippen LogP contribution < -0.4 is 38.2 Å². The number of anilines is 3. The number of ether oxygens (including phenoxy) is 4. The topological polar surface area (TPSA) is 536 Å². The molecule has 0 aromatic carbocycles. The fourth-order valence-electron chi connectivity index (χ4n) is 9.45. The number of nitrogens with one attached hydrogen (secondary N) is 3. The van der Waals surface area contributed by atoms with Crippen LogP contribution in [0.2, 0.25) is 0 Å². The quantitative estimate of drug-likeness (QED) is 0.0254. The molecule has 3 saturated heterocycles. The number of carbonyl (C=O) groups excluding carboxylic acids is 2. The molecule has 3 aliphatic rings. The van der Waals surface area contributed by atoms with E-state index in [9.17, 15) is 62.9 Å². The fourth-order valence-corrected chi connectivity index (χ4v) is 13.0. The highest BCUT2D eigenvalue weighted by atomic mass is 31.3.